The van der Waals surface area contributed by atoms with Crippen LogP contribution in [0.3, 0.4) is 0 Å². The molecule has 60 valence electrons. The summed E-state index contributed by atoms with van der Waals surface area (Å²) in [6, 6.07) is 0. The topological polar surface area (TPSA) is 17.1 Å². The Morgan fingerprint density at radius 3 is 2.55 bits per heavy atom. The van der Waals surface area contributed by atoms with Crippen molar-refractivity contribution in [3.63, 3.8) is 0 Å². The molecule has 0 saturated heterocycles. The first kappa shape index (κ1) is 7.08. The summed E-state index contributed by atoms with van der Waals surface area (Å²) in [5.41, 5.74) is 2.97. The summed E-state index contributed by atoms with van der Waals surface area (Å²) in [7, 11) is 0. The van der Waals surface area contributed by atoms with Gasteiger partial charge in [-0.25, -0.2) is 0 Å². The third-order valence-electron chi connectivity index (χ3n) is 3.12. The SMILES string of the molecule is CC1(C)CCC2=C1CCC2=O. The number of rotatable bonds is 0. The van der Waals surface area contributed by atoms with Crippen molar-refractivity contribution >= 4 is 5.78 Å². The fourth-order valence-electron chi connectivity index (χ4n) is 2.33. The van der Waals surface area contributed by atoms with Gasteiger partial charge in [-0.1, -0.05) is 19.4 Å². The molecule has 0 atom stereocenters. The molecule has 0 unspecified atom stereocenters. The van der Waals surface area contributed by atoms with E-state index in [2.05, 4.69) is 13.8 Å². The molecule has 0 aliphatic heterocycles. The standard InChI is InChI=1S/C10H14O/c1-10(2)6-5-7-8(10)3-4-9(7)11/h3-6H2,1-2H3. The van der Waals surface area contributed by atoms with Crippen LogP contribution in [-0.2, 0) is 4.79 Å². The molecule has 0 radical (unpaired) electrons. The van der Waals surface area contributed by atoms with Crippen molar-refractivity contribution < 1.29 is 4.79 Å². The molecule has 0 fully saturated rings. The zero-order chi connectivity index (χ0) is 8.06. The Labute approximate surface area is 67.5 Å². The molecule has 0 aromatic rings. The summed E-state index contributed by atoms with van der Waals surface area (Å²) >= 11 is 0. The Morgan fingerprint density at radius 2 is 1.91 bits per heavy atom. The van der Waals surface area contributed by atoms with Crippen molar-refractivity contribution in [1.29, 1.82) is 0 Å². The van der Waals surface area contributed by atoms with Crippen LogP contribution in [0.25, 0.3) is 0 Å². The van der Waals surface area contributed by atoms with Crippen molar-refractivity contribution in [2.45, 2.75) is 39.5 Å². The molecule has 0 amide bonds. The number of carbonyl (C=O) groups is 1. The van der Waals surface area contributed by atoms with Crippen molar-refractivity contribution in [1.82, 2.24) is 0 Å². The van der Waals surface area contributed by atoms with Crippen LogP contribution in [0.4, 0.5) is 0 Å². The second-order valence-corrected chi connectivity index (χ2v) is 4.26. The van der Waals surface area contributed by atoms with Gasteiger partial charge in [-0.2, -0.15) is 0 Å². The van der Waals surface area contributed by atoms with Crippen molar-refractivity contribution in [3.8, 4) is 0 Å². The quantitative estimate of drug-likeness (QED) is 0.518. The lowest BCUT2D eigenvalue weighted by Crippen LogP contribution is -2.08. The highest BCUT2D eigenvalue weighted by molar-refractivity contribution is 5.99. The van der Waals surface area contributed by atoms with Gasteiger partial charge < -0.3 is 0 Å². The summed E-state index contributed by atoms with van der Waals surface area (Å²) in [5, 5.41) is 0. The van der Waals surface area contributed by atoms with Crippen LogP contribution in [-0.4, -0.2) is 5.78 Å². The summed E-state index contributed by atoms with van der Waals surface area (Å²) in [4.78, 5) is 11.3. The van der Waals surface area contributed by atoms with Crippen molar-refractivity contribution in [3.05, 3.63) is 11.1 Å². The molecular weight excluding hydrogens is 136 g/mol. The van der Waals surface area contributed by atoms with Crippen LogP contribution < -0.4 is 0 Å². The number of hydrogen-bond donors (Lipinski definition) is 0. The van der Waals surface area contributed by atoms with E-state index in [9.17, 15) is 4.79 Å². The third kappa shape index (κ3) is 0.867. The van der Waals surface area contributed by atoms with Crippen LogP contribution in [0.1, 0.15) is 39.5 Å². The lowest BCUT2D eigenvalue weighted by atomic mass is 9.84. The molecule has 2 aliphatic rings. The summed E-state index contributed by atoms with van der Waals surface area (Å²) < 4.78 is 0. The Kier molecular flexibility index (Phi) is 1.26. The van der Waals surface area contributed by atoms with Gasteiger partial charge >= 0.3 is 0 Å². The molecule has 0 heterocycles. The van der Waals surface area contributed by atoms with Crippen LogP contribution in [0, 0.1) is 5.41 Å². The van der Waals surface area contributed by atoms with Gasteiger partial charge in [-0.15, -0.1) is 0 Å². The minimum absolute atomic E-state index is 0.335. The summed E-state index contributed by atoms with van der Waals surface area (Å²) in [6.45, 7) is 4.52. The molecule has 2 rings (SSSR count). The van der Waals surface area contributed by atoms with Gasteiger partial charge in [-0.3, -0.25) is 4.79 Å². The van der Waals surface area contributed by atoms with Crippen LogP contribution >= 0.6 is 0 Å². The molecule has 0 aromatic heterocycles. The number of Topliss-reactive ketones (excluding diaryl/α,β-unsaturated/α-hetero) is 1. The van der Waals surface area contributed by atoms with E-state index in [1.54, 1.807) is 0 Å². The van der Waals surface area contributed by atoms with Crippen molar-refractivity contribution in [2.75, 3.05) is 0 Å². The van der Waals surface area contributed by atoms with E-state index in [0.717, 1.165) is 19.3 Å². The molecule has 0 aromatic carbocycles. The van der Waals surface area contributed by atoms with Gasteiger partial charge in [-0.05, 0) is 30.3 Å². The number of allylic oxidation sites excluding steroid dienone is 2. The lowest BCUT2D eigenvalue weighted by Gasteiger charge is -2.20. The van der Waals surface area contributed by atoms with Gasteiger partial charge in [0.1, 0.15) is 0 Å². The first-order valence-electron chi connectivity index (χ1n) is 4.37. The van der Waals surface area contributed by atoms with E-state index in [-0.39, 0.29) is 0 Å². The largest absolute Gasteiger partial charge is 0.295 e. The maximum absolute atomic E-state index is 11.3. The molecule has 1 nitrogen and oxygen atoms in total. The molecule has 1 heteroatoms. The molecule has 0 spiro atoms. The second-order valence-electron chi connectivity index (χ2n) is 4.26. The van der Waals surface area contributed by atoms with Crippen LogP contribution in [0.5, 0.6) is 0 Å². The zero-order valence-corrected chi connectivity index (χ0v) is 7.24. The highest BCUT2D eigenvalue weighted by Gasteiger charge is 2.38. The summed E-state index contributed by atoms with van der Waals surface area (Å²) in [5.74, 6) is 0.422. The van der Waals surface area contributed by atoms with Crippen LogP contribution in [0.15, 0.2) is 11.1 Å². The minimum atomic E-state index is 0.335. The van der Waals surface area contributed by atoms with Gasteiger partial charge in [0.05, 0.1) is 0 Å². The van der Waals surface area contributed by atoms with Gasteiger partial charge in [0.2, 0.25) is 0 Å². The maximum Gasteiger partial charge on any atom is 0.159 e. The fraction of sp³-hybridized carbons (Fsp3) is 0.700. The smallest absolute Gasteiger partial charge is 0.159 e. The van der Waals surface area contributed by atoms with E-state index in [4.69, 9.17) is 0 Å². The first-order chi connectivity index (χ1) is 5.11. The normalized spacial score (nSPS) is 28.0. The molecule has 0 saturated carbocycles. The Hall–Kier alpha value is -0.590. The average molecular weight is 150 g/mol. The van der Waals surface area contributed by atoms with Gasteiger partial charge in [0.25, 0.3) is 0 Å². The van der Waals surface area contributed by atoms with E-state index in [1.807, 2.05) is 0 Å². The van der Waals surface area contributed by atoms with Gasteiger partial charge in [0.15, 0.2) is 5.78 Å². The minimum Gasteiger partial charge on any atom is -0.295 e. The monoisotopic (exact) mass is 150 g/mol. The highest BCUT2D eigenvalue weighted by Crippen LogP contribution is 2.48. The Bertz CT molecular complexity index is 246. The Balaban J connectivity index is 2.41. The number of hydrogen-bond acceptors (Lipinski definition) is 1. The maximum atomic E-state index is 11.3. The first-order valence-corrected chi connectivity index (χ1v) is 4.37. The predicted molar refractivity (Wildman–Crippen MR) is 44.3 cm³/mol. The highest BCUT2D eigenvalue weighted by atomic mass is 16.1. The van der Waals surface area contributed by atoms with Gasteiger partial charge in [0, 0.05) is 6.42 Å². The zero-order valence-electron chi connectivity index (χ0n) is 7.24. The second kappa shape index (κ2) is 1.96. The number of ketones is 1. The Morgan fingerprint density at radius 1 is 1.18 bits per heavy atom. The van der Waals surface area contributed by atoms with E-state index in [1.165, 1.54) is 17.6 Å². The summed E-state index contributed by atoms with van der Waals surface area (Å²) in [6.07, 6.45) is 4.06. The number of carbonyl (C=O) groups excluding carboxylic acids is 1. The molecule has 11 heavy (non-hydrogen) atoms. The van der Waals surface area contributed by atoms with Crippen molar-refractivity contribution in [2.24, 2.45) is 5.41 Å². The van der Waals surface area contributed by atoms with E-state index < -0.39 is 0 Å². The average Bonchev–Trinajstić information content (AvgIpc) is 2.39. The fourth-order valence-corrected chi connectivity index (χ4v) is 2.33. The van der Waals surface area contributed by atoms with E-state index in [0.29, 0.717) is 11.2 Å². The molecular formula is C10H14O. The van der Waals surface area contributed by atoms with Crippen LogP contribution in [0.2, 0.25) is 0 Å². The lowest BCUT2D eigenvalue weighted by molar-refractivity contribution is -0.115. The molecule has 2 aliphatic carbocycles. The molecule has 0 bridgehead atoms. The molecule has 0 N–H and O–H groups in total. The van der Waals surface area contributed by atoms with E-state index >= 15 is 0 Å². The third-order valence-corrected chi connectivity index (χ3v) is 3.12. The predicted octanol–water partition coefficient (Wildman–Crippen LogP) is 2.47.